The lowest BCUT2D eigenvalue weighted by molar-refractivity contribution is -0.183. The molecule has 0 aromatic heterocycles. The van der Waals surface area contributed by atoms with Gasteiger partial charge in [-0.15, -0.1) is 0 Å². The third-order valence-electron chi connectivity index (χ3n) is 3.62. The molecular formula is C15H16N2O6. The van der Waals surface area contributed by atoms with Crippen molar-refractivity contribution >= 4 is 23.6 Å². The molecular weight excluding hydrogens is 304 g/mol. The Balaban J connectivity index is 2.10. The van der Waals surface area contributed by atoms with E-state index in [2.05, 4.69) is 0 Å². The molecule has 122 valence electrons. The molecule has 1 aromatic carbocycles. The first kappa shape index (κ1) is 16.6. The molecule has 0 spiro atoms. The summed E-state index contributed by atoms with van der Waals surface area (Å²) in [6, 6.07) is 5.93. The number of carbonyl (C=O) groups excluding carboxylic acids is 3. The molecule has 0 radical (unpaired) electrons. The monoisotopic (exact) mass is 320 g/mol. The second-order valence-corrected chi connectivity index (χ2v) is 5.16. The fraction of sp³-hybridized carbons (Fsp3) is 0.333. The number of carbonyl (C=O) groups is 4. The number of hydrogen-bond donors (Lipinski definition) is 1. The van der Waals surface area contributed by atoms with E-state index in [1.54, 1.807) is 12.1 Å². The van der Waals surface area contributed by atoms with E-state index in [1.807, 2.05) is 0 Å². The number of hydrogen-bond acceptors (Lipinski definition) is 5. The maximum atomic E-state index is 12.4. The highest BCUT2D eigenvalue weighted by Crippen LogP contribution is 2.17. The molecule has 8 nitrogen and oxygen atoms in total. The minimum absolute atomic E-state index is 0.0221. The van der Waals surface area contributed by atoms with Crippen LogP contribution in [0.1, 0.15) is 15.9 Å². The van der Waals surface area contributed by atoms with Crippen molar-refractivity contribution in [2.24, 2.45) is 5.92 Å². The van der Waals surface area contributed by atoms with Gasteiger partial charge in [-0.25, -0.2) is 9.86 Å². The van der Waals surface area contributed by atoms with Crippen molar-refractivity contribution in [1.82, 2.24) is 9.96 Å². The van der Waals surface area contributed by atoms with Crippen molar-refractivity contribution in [3.63, 3.8) is 0 Å². The molecule has 0 bridgehead atoms. The number of carboxylic acids is 1. The number of benzene rings is 1. The summed E-state index contributed by atoms with van der Waals surface area (Å²) in [4.78, 5) is 52.7. The second kappa shape index (κ2) is 6.57. The van der Waals surface area contributed by atoms with Crippen LogP contribution in [0.3, 0.4) is 0 Å². The molecule has 1 N–H and O–H groups in total. The molecule has 1 aromatic rings. The van der Waals surface area contributed by atoms with Crippen LogP contribution in [0.5, 0.6) is 0 Å². The van der Waals surface area contributed by atoms with Gasteiger partial charge in [-0.2, -0.15) is 0 Å². The Hall–Kier alpha value is -2.74. The van der Waals surface area contributed by atoms with Gasteiger partial charge in [0.05, 0.1) is 19.2 Å². The molecule has 0 saturated carbocycles. The number of amides is 2. The molecule has 1 aliphatic heterocycles. The maximum absolute atomic E-state index is 12.4. The molecule has 1 aliphatic rings. The molecule has 1 fully saturated rings. The highest BCUT2D eigenvalue weighted by atomic mass is 16.7. The summed E-state index contributed by atoms with van der Waals surface area (Å²) in [7, 11) is 2.74. The van der Waals surface area contributed by atoms with Gasteiger partial charge in [0.2, 0.25) is 5.78 Å². The van der Waals surface area contributed by atoms with E-state index in [0.717, 1.165) is 5.06 Å². The number of nitrogens with zero attached hydrogens (tertiary/aromatic N) is 2. The molecule has 1 heterocycles. The summed E-state index contributed by atoms with van der Waals surface area (Å²) < 4.78 is 0. The molecule has 1 unspecified atom stereocenters. The summed E-state index contributed by atoms with van der Waals surface area (Å²) in [6.45, 7) is 0.0607. The first-order valence-electron chi connectivity index (χ1n) is 6.82. The number of likely N-dealkylation sites (tertiary alicyclic amines) is 1. The van der Waals surface area contributed by atoms with E-state index in [0.29, 0.717) is 5.56 Å². The van der Waals surface area contributed by atoms with Crippen LogP contribution in [-0.2, 0) is 25.8 Å². The first-order chi connectivity index (χ1) is 10.8. The van der Waals surface area contributed by atoms with Crippen LogP contribution in [0.4, 0.5) is 0 Å². The average Bonchev–Trinajstić information content (AvgIpc) is 2.80. The van der Waals surface area contributed by atoms with Crippen LogP contribution < -0.4 is 0 Å². The Morgan fingerprint density at radius 2 is 1.91 bits per heavy atom. The minimum Gasteiger partial charge on any atom is -0.478 e. The topological polar surface area (TPSA) is 104 Å². The van der Waals surface area contributed by atoms with Crippen LogP contribution in [-0.4, -0.2) is 59.3 Å². The van der Waals surface area contributed by atoms with Crippen molar-refractivity contribution in [2.45, 2.75) is 6.54 Å². The summed E-state index contributed by atoms with van der Waals surface area (Å²) in [5, 5.41) is 9.84. The van der Waals surface area contributed by atoms with Gasteiger partial charge < -0.3 is 10.0 Å². The van der Waals surface area contributed by atoms with Crippen molar-refractivity contribution < 1.29 is 29.1 Å². The molecule has 1 atom stereocenters. The van der Waals surface area contributed by atoms with Crippen molar-refractivity contribution in [2.75, 3.05) is 20.7 Å². The van der Waals surface area contributed by atoms with Crippen molar-refractivity contribution in [1.29, 1.82) is 0 Å². The molecule has 1 saturated heterocycles. The van der Waals surface area contributed by atoms with Gasteiger partial charge in [-0.3, -0.25) is 19.2 Å². The minimum atomic E-state index is -1.08. The summed E-state index contributed by atoms with van der Waals surface area (Å²) in [6.07, 6.45) is 0. The third kappa shape index (κ3) is 3.37. The molecule has 2 amide bonds. The molecule has 2 rings (SSSR count). The lowest BCUT2D eigenvalue weighted by atomic mass is 10.1. The SMILES string of the molecule is CON(Cc1ccc(C(=O)O)cc1)C(=O)C1CN(C)C(=O)C1=O. The van der Waals surface area contributed by atoms with Crippen LogP contribution in [0.15, 0.2) is 24.3 Å². The fourth-order valence-corrected chi connectivity index (χ4v) is 2.29. The van der Waals surface area contributed by atoms with Gasteiger partial charge in [0, 0.05) is 13.6 Å². The fourth-order valence-electron chi connectivity index (χ4n) is 2.29. The van der Waals surface area contributed by atoms with Gasteiger partial charge in [-0.1, -0.05) is 12.1 Å². The molecule has 23 heavy (non-hydrogen) atoms. The molecule has 8 heteroatoms. The quantitative estimate of drug-likeness (QED) is 0.463. The lowest BCUT2D eigenvalue weighted by Crippen LogP contribution is -2.38. The van der Waals surface area contributed by atoms with Gasteiger partial charge in [0.15, 0.2) is 0 Å². The second-order valence-electron chi connectivity index (χ2n) is 5.16. The zero-order valence-corrected chi connectivity index (χ0v) is 12.7. The van der Waals surface area contributed by atoms with Crippen LogP contribution in [0.25, 0.3) is 0 Å². The number of aromatic carboxylic acids is 1. The summed E-state index contributed by atoms with van der Waals surface area (Å²) >= 11 is 0. The number of Topliss-reactive ketones (excluding diaryl/α,β-unsaturated/α-hetero) is 1. The summed E-state index contributed by atoms with van der Waals surface area (Å²) in [5.41, 5.74) is 0.762. The van der Waals surface area contributed by atoms with E-state index >= 15 is 0 Å². The largest absolute Gasteiger partial charge is 0.478 e. The Bertz CT molecular complexity index is 654. The van der Waals surface area contributed by atoms with Crippen LogP contribution in [0.2, 0.25) is 0 Å². The number of likely N-dealkylation sites (N-methyl/N-ethyl adjacent to an activating group) is 1. The highest BCUT2D eigenvalue weighted by molar-refractivity contribution is 6.42. The number of ketones is 1. The van der Waals surface area contributed by atoms with E-state index in [9.17, 15) is 19.2 Å². The van der Waals surface area contributed by atoms with Crippen LogP contribution in [0, 0.1) is 5.92 Å². The highest BCUT2D eigenvalue weighted by Gasteiger charge is 2.43. The average molecular weight is 320 g/mol. The Labute approximate surface area is 132 Å². The Morgan fingerprint density at radius 1 is 1.30 bits per heavy atom. The summed E-state index contributed by atoms with van der Waals surface area (Å²) in [5.74, 6) is -4.16. The normalized spacial score (nSPS) is 17.5. The van der Waals surface area contributed by atoms with E-state index < -0.39 is 29.5 Å². The standard InChI is InChI=1S/C15H16N2O6/c1-16-8-11(12(18)14(16)20)13(19)17(23-2)7-9-3-5-10(6-4-9)15(21)22/h3-6,11H,7-8H2,1-2H3,(H,21,22). The number of rotatable bonds is 5. The predicted octanol–water partition coefficient (Wildman–Crippen LogP) is -0.0679. The Morgan fingerprint density at radius 3 is 2.35 bits per heavy atom. The van der Waals surface area contributed by atoms with Crippen molar-refractivity contribution in [3.8, 4) is 0 Å². The van der Waals surface area contributed by atoms with E-state index in [4.69, 9.17) is 9.94 Å². The smallest absolute Gasteiger partial charge is 0.335 e. The number of carboxylic acid groups (broad SMARTS) is 1. The lowest BCUT2D eigenvalue weighted by Gasteiger charge is -2.22. The van der Waals surface area contributed by atoms with Gasteiger partial charge in [0.25, 0.3) is 11.8 Å². The molecule has 0 aliphatic carbocycles. The van der Waals surface area contributed by atoms with Gasteiger partial charge in [0.1, 0.15) is 5.92 Å². The third-order valence-corrected chi connectivity index (χ3v) is 3.62. The van der Waals surface area contributed by atoms with Gasteiger partial charge >= 0.3 is 5.97 Å². The van der Waals surface area contributed by atoms with Gasteiger partial charge in [-0.05, 0) is 17.7 Å². The van der Waals surface area contributed by atoms with Crippen molar-refractivity contribution in [3.05, 3.63) is 35.4 Å². The number of hydroxylamine groups is 2. The maximum Gasteiger partial charge on any atom is 0.335 e. The first-order valence-corrected chi connectivity index (χ1v) is 6.82. The van der Waals surface area contributed by atoms with E-state index in [1.165, 1.54) is 31.2 Å². The van der Waals surface area contributed by atoms with E-state index in [-0.39, 0.29) is 18.7 Å². The zero-order valence-electron chi connectivity index (χ0n) is 12.7. The zero-order chi connectivity index (χ0) is 17.1. The van der Waals surface area contributed by atoms with Crippen LogP contribution >= 0.6 is 0 Å². The Kier molecular flexibility index (Phi) is 4.75. The predicted molar refractivity (Wildman–Crippen MR) is 77.1 cm³/mol.